The van der Waals surface area contributed by atoms with Crippen LogP contribution in [0.3, 0.4) is 0 Å². The fourth-order valence-corrected chi connectivity index (χ4v) is 5.69. The minimum absolute atomic E-state index is 0.125. The molecule has 0 spiro atoms. The zero-order valence-electron chi connectivity index (χ0n) is 20.2. The van der Waals surface area contributed by atoms with E-state index >= 15 is 0 Å². The predicted octanol–water partition coefficient (Wildman–Crippen LogP) is 5.47. The van der Waals surface area contributed by atoms with Crippen molar-refractivity contribution in [2.45, 2.75) is 43.9 Å². The molecule has 2 aromatic carbocycles. The molecule has 2 heterocycles. The van der Waals surface area contributed by atoms with Crippen LogP contribution in [-0.4, -0.2) is 29.0 Å². The second-order valence-corrected chi connectivity index (χ2v) is 11.7. The molecule has 1 saturated carbocycles. The van der Waals surface area contributed by atoms with E-state index in [9.17, 15) is 26.4 Å². The van der Waals surface area contributed by atoms with E-state index < -0.39 is 27.2 Å². The number of nitrogens with two attached hydrogens (primary N) is 1. The van der Waals surface area contributed by atoms with Crippen LogP contribution in [0.15, 0.2) is 52.7 Å². The Morgan fingerprint density at radius 1 is 1.18 bits per heavy atom. The van der Waals surface area contributed by atoms with E-state index in [0.717, 1.165) is 36.2 Å². The van der Waals surface area contributed by atoms with Crippen LogP contribution >= 0.6 is 11.3 Å². The summed E-state index contributed by atoms with van der Waals surface area (Å²) >= 11 is 1.26. The van der Waals surface area contributed by atoms with E-state index in [-0.39, 0.29) is 17.8 Å². The predicted molar refractivity (Wildman–Crippen MR) is 137 cm³/mol. The molecule has 7 nitrogen and oxygen atoms in total. The number of Topliss-reactive ketones (excluding diaryl/α,β-unsaturated/α-hetero) is 1. The van der Waals surface area contributed by atoms with Gasteiger partial charge < -0.3 is 0 Å². The molecule has 12 heteroatoms. The number of ketones is 1. The van der Waals surface area contributed by atoms with Crippen LogP contribution in [0.2, 0.25) is 0 Å². The van der Waals surface area contributed by atoms with Gasteiger partial charge in [0.2, 0.25) is 15.2 Å². The van der Waals surface area contributed by atoms with Crippen molar-refractivity contribution in [3.63, 3.8) is 0 Å². The van der Waals surface area contributed by atoms with Crippen LogP contribution in [0, 0.1) is 11.7 Å². The highest BCUT2D eigenvalue weighted by molar-refractivity contribution is 7.89. The molecule has 1 aliphatic rings. The molecule has 2 N–H and O–H groups in total. The summed E-state index contributed by atoms with van der Waals surface area (Å²) in [6.45, 7) is 1.42. The fourth-order valence-electron chi connectivity index (χ4n) is 4.27. The van der Waals surface area contributed by atoms with Gasteiger partial charge in [-0.15, -0.1) is 11.3 Å². The zero-order chi connectivity index (χ0) is 27.2. The monoisotopic (exact) mass is 560 g/mol. The van der Waals surface area contributed by atoms with Gasteiger partial charge in [-0.1, -0.05) is 30.3 Å². The molecule has 1 aliphatic carbocycles. The van der Waals surface area contributed by atoms with Crippen molar-refractivity contribution < 1.29 is 26.4 Å². The summed E-state index contributed by atoms with van der Waals surface area (Å²) in [5.41, 5.74) is 3.33. The van der Waals surface area contributed by atoms with E-state index in [1.165, 1.54) is 36.5 Å². The van der Waals surface area contributed by atoms with E-state index in [1.807, 2.05) is 0 Å². The van der Waals surface area contributed by atoms with Crippen LogP contribution in [0.5, 0.6) is 0 Å². The number of aromatic nitrogens is 3. The van der Waals surface area contributed by atoms with Crippen molar-refractivity contribution in [2.75, 3.05) is 0 Å². The van der Waals surface area contributed by atoms with Gasteiger partial charge in [-0.05, 0) is 42.9 Å². The smallest absolute Gasteiger partial charge is 0.263 e. The summed E-state index contributed by atoms with van der Waals surface area (Å²) in [6.07, 6.45) is 0.312. The molecule has 0 saturated heterocycles. The number of hydrogen-bond acceptors (Lipinski definition) is 6. The van der Waals surface area contributed by atoms with Crippen LogP contribution in [0.25, 0.3) is 16.4 Å². The van der Waals surface area contributed by atoms with Crippen molar-refractivity contribution in [2.24, 2.45) is 11.1 Å². The zero-order valence-corrected chi connectivity index (χ0v) is 21.8. The van der Waals surface area contributed by atoms with E-state index in [4.69, 9.17) is 10.2 Å². The average molecular weight is 561 g/mol. The largest absolute Gasteiger partial charge is 0.293 e. The minimum atomic E-state index is -4.23. The lowest BCUT2D eigenvalue weighted by atomic mass is 9.96. The maximum atomic E-state index is 14.7. The molecule has 1 fully saturated rings. The quantitative estimate of drug-likeness (QED) is 0.273. The first kappa shape index (κ1) is 26.3. The number of sulfonamides is 1. The Labute approximate surface area is 221 Å². The first-order valence-electron chi connectivity index (χ1n) is 11.8. The van der Waals surface area contributed by atoms with Crippen LogP contribution < -0.4 is 5.14 Å². The summed E-state index contributed by atoms with van der Waals surface area (Å²) in [5, 5.41) is 12.1. The number of primary sulfonamides is 1. The van der Waals surface area contributed by atoms with Gasteiger partial charge in [-0.25, -0.2) is 36.4 Å². The Morgan fingerprint density at radius 3 is 2.45 bits per heavy atom. The lowest BCUT2D eigenvalue weighted by molar-refractivity contribution is 0.101. The molecule has 0 aliphatic heterocycles. The first-order chi connectivity index (χ1) is 18.0. The van der Waals surface area contributed by atoms with Crippen LogP contribution in [-0.2, 0) is 22.9 Å². The van der Waals surface area contributed by atoms with Crippen molar-refractivity contribution >= 4 is 27.1 Å². The minimum Gasteiger partial charge on any atom is -0.293 e. The number of hydrogen-bond donors (Lipinski definition) is 1. The number of halogens is 3. The summed E-state index contributed by atoms with van der Waals surface area (Å²) in [5.74, 6) is -0.723. The number of benzene rings is 2. The molecule has 5 rings (SSSR count). The standard InChI is InChI=1S/C26H23F3N4O3S2/c1-14(34)21-13-37-26(31-21)33-22(12-15-2-3-15)19(10-16-4-9-23(20(27)11-16)38(30,35)36)24(32-33)17-5-7-18(8-6-17)25(28)29/h4-9,11,13,15,25H,2-3,10,12H2,1H3,(H2,30,35,36). The van der Waals surface area contributed by atoms with Crippen molar-refractivity contribution in [1.29, 1.82) is 0 Å². The second-order valence-electron chi connectivity index (χ2n) is 9.31. The van der Waals surface area contributed by atoms with Gasteiger partial charge in [0.05, 0.1) is 11.4 Å². The molecule has 0 unspecified atom stereocenters. The van der Waals surface area contributed by atoms with E-state index in [0.29, 0.717) is 40.0 Å². The third-order valence-corrected chi connectivity index (χ3v) is 8.18. The summed E-state index contributed by atoms with van der Waals surface area (Å²) in [6, 6.07) is 9.53. The Hall–Kier alpha value is -3.35. The van der Waals surface area contributed by atoms with Crippen molar-refractivity contribution in [3.05, 3.63) is 81.7 Å². The molecule has 4 aromatic rings. The molecule has 0 amide bonds. The number of carbonyl (C=O) groups excluding carboxylic acids is 1. The molecule has 198 valence electrons. The third kappa shape index (κ3) is 5.42. The van der Waals surface area contributed by atoms with Gasteiger partial charge in [0.1, 0.15) is 16.4 Å². The van der Waals surface area contributed by atoms with Crippen LogP contribution in [0.4, 0.5) is 13.2 Å². The number of carbonyl (C=O) groups is 1. The van der Waals surface area contributed by atoms with Gasteiger partial charge in [-0.2, -0.15) is 5.10 Å². The topological polar surface area (TPSA) is 108 Å². The van der Waals surface area contributed by atoms with Gasteiger partial charge in [-0.3, -0.25) is 4.79 Å². The van der Waals surface area contributed by atoms with Gasteiger partial charge >= 0.3 is 0 Å². The number of alkyl halides is 2. The SMILES string of the molecule is CC(=O)c1csc(-n2nc(-c3ccc(C(F)F)cc3)c(Cc3ccc(S(N)(=O)=O)c(F)c3)c2CC2CC2)n1. The summed E-state index contributed by atoms with van der Waals surface area (Å²) < 4.78 is 66.1. The van der Waals surface area contributed by atoms with Gasteiger partial charge in [0.15, 0.2) is 5.78 Å². The second kappa shape index (κ2) is 10.1. The number of nitrogens with zero attached hydrogens (tertiary/aromatic N) is 3. The van der Waals surface area contributed by atoms with Crippen molar-refractivity contribution in [1.82, 2.24) is 14.8 Å². The average Bonchev–Trinajstić information content (AvgIpc) is 3.41. The lowest BCUT2D eigenvalue weighted by Gasteiger charge is -2.10. The highest BCUT2D eigenvalue weighted by atomic mass is 32.2. The molecule has 0 atom stereocenters. The molecule has 0 radical (unpaired) electrons. The third-order valence-electron chi connectivity index (χ3n) is 6.42. The lowest BCUT2D eigenvalue weighted by Crippen LogP contribution is -2.14. The maximum Gasteiger partial charge on any atom is 0.263 e. The van der Waals surface area contributed by atoms with Crippen molar-refractivity contribution in [3.8, 4) is 16.4 Å². The Kier molecular flexibility index (Phi) is 6.97. The Morgan fingerprint density at radius 2 is 1.89 bits per heavy atom. The van der Waals surface area contributed by atoms with Crippen LogP contribution in [0.1, 0.15) is 59.1 Å². The molecule has 38 heavy (non-hydrogen) atoms. The Bertz CT molecular complexity index is 1630. The number of thiazole rings is 1. The summed E-state index contributed by atoms with van der Waals surface area (Å²) in [4.78, 5) is 15.7. The summed E-state index contributed by atoms with van der Waals surface area (Å²) in [7, 11) is -4.23. The normalized spacial score (nSPS) is 13.8. The fraction of sp³-hybridized carbons (Fsp3) is 0.269. The van der Waals surface area contributed by atoms with Gasteiger partial charge in [0, 0.05) is 35.4 Å². The maximum absolute atomic E-state index is 14.7. The number of rotatable bonds is 9. The Balaban J connectivity index is 1.66. The highest BCUT2D eigenvalue weighted by Gasteiger charge is 2.29. The van der Waals surface area contributed by atoms with E-state index in [2.05, 4.69) is 4.98 Å². The first-order valence-corrected chi connectivity index (χ1v) is 14.2. The molecule has 0 bridgehead atoms. The van der Waals surface area contributed by atoms with Gasteiger partial charge in [0.25, 0.3) is 6.43 Å². The molecular formula is C26H23F3N4O3S2. The highest BCUT2D eigenvalue weighted by Crippen LogP contribution is 2.38. The molecular weight excluding hydrogens is 537 g/mol. The van der Waals surface area contributed by atoms with E-state index in [1.54, 1.807) is 22.2 Å². The molecule has 2 aromatic heterocycles.